The van der Waals surface area contributed by atoms with Gasteiger partial charge in [-0.05, 0) is 6.07 Å². The number of methoxy groups -OCH3 is 1. The smallest absolute Gasteiger partial charge is 0.150 e. The van der Waals surface area contributed by atoms with E-state index in [1.54, 1.807) is 19.5 Å². The summed E-state index contributed by atoms with van der Waals surface area (Å²) in [5.74, 6) is 2.55. The van der Waals surface area contributed by atoms with Gasteiger partial charge in [0.15, 0.2) is 5.82 Å². The number of pyridine rings is 1. The van der Waals surface area contributed by atoms with Gasteiger partial charge < -0.3 is 14.5 Å². The summed E-state index contributed by atoms with van der Waals surface area (Å²) in [6.45, 7) is 3.41. The van der Waals surface area contributed by atoms with Gasteiger partial charge in [0.05, 0.1) is 13.3 Å². The Balaban J connectivity index is 1.69. The molecule has 1 fully saturated rings. The van der Waals surface area contributed by atoms with Crippen molar-refractivity contribution >= 4 is 23.2 Å². The van der Waals surface area contributed by atoms with Crippen LogP contribution in [0.15, 0.2) is 30.9 Å². The predicted octanol–water partition coefficient (Wildman–Crippen LogP) is 1.86. The Bertz CT molecular complexity index is 616. The SMILES string of the molecule is COc1ccnc(N2CCN(c3ncncc3Cl)CC2)c1. The summed E-state index contributed by atoms with van der Waals surface area (Å²) in [6, 6.07) is 3.80. The van der Waals surface area contributed by atoms with Crippen LogP contribution in [-0.2, 0) is 0 Å². The van der Waals surface area contributed by atoms with Crippen molar-refractivity contribution in [3.05, 3.63) is 35.9 Å². The van der Waals surface area contributed by atoms with Gasteiger partial charge in [-0.3, -0.25) is 0 Å². The quantitative estimate of drug-likeness (QED) is 0.863. The Morgan fingerprint density at radius 1 is 1.14 bits per heavy atom. The van der Waals surface area contributed by atoms with E-state index < -0.39 is 0 Å². The minimum Gasteiger partial charge on any atom is -0.497 e. The molecule has 0 saturated carbocycles. The van der Waals surface area contributed by atoms with E-state index in [-0.39, 0.29) is 0 Å². The van der Waals surface area contributed by atoms with Crippen LogP contribution < -0.4 is 14.5 Å². The largest absolute Gasteiger partial charge is 0.497 e. The van der Waals surface area contributed by atoms with Crippen LogP contribution in [0.3, 0.4) is 0 Å². The molecule has 2 aromatic heterocycles. The fraction of sp³-hybridized carbons (Fsp3) is 0.357. The molecule has 3 heterocycles. The lowest BCUT2D eigenvalue weighted by Crippen LogP contribution is -2.47. The molecule has 0 N–H and O–H groups in total. The number of piperazine rings is 1. The first kappa shape index (κ1) is 13.9. The number of hydrogen-bond acceptors (Lipinski definition) is 6. The summed E-state index contributed by atoms with van der Waals surface area (Å²) < 4.78 is 5.24. The first-order chi connectivity index (χ1) is 10.3. The minimum absolute atomic E-state index is 0.588. The van der Waals surface area contributed by atoms with Crippen molar-refractivity contribution in [2.75, 3.05) is 43.1 Å². The summed E-state index contributed by atoms with van der Waals surface area (Å²) in [4.78, 5) is 17.0. The molecule has 110 valence electrons. The maximum absolute atomic E-state index is 6.14. The normalized spacial score (nSPS) is 15.1. The fourth-order valence-corrected chi connectivity index (χ4v) is 2.61. The number of ether oxygens (including phenoxy) is 1. The van der Waals surface area contributed by atoms with Crippen LogP contribution >= 0.6 is 11.6 Å². The Kier molecular flexibility index (Phi) is 4.06. The predicted molar refractivity (Wildman–Crippen MR) is 82.3 cm³/mol. The van der Waals surface area contributed by atoms with Crippen LogP contribution in [0.25, 0.3) is 0 Å². The van der Waals surface area contributed by atoms with Gasteiger partial charge in [0.1, 0.15) is 22.9 Å². The molecule has 1 aliphatic heterocycles. The number of hydrogen-bond donors (Lipinski definition) is 0. The van der Waals surface area contributed by atoms with Crippen molar-refractivity contribution in [1.29, 1.82) is 0 Å². The third kappa shape index (κ3) is 3.00. The summed E-state index contributed by atoms with van der Waals surface area (Å²) >= 11 is 6.14. The van der Waals surface area contributed by atoms with Crippen LogP contribution in [0.5, 0.6) is 5.75 Å². The van der Waals surface area contributed by atoms with Crippen LogP contribution in [-0.4, -0.2) is 48.2 Å². The van der Waals surface area contributed by atoms with Gasteiger partial charge in [-0.25, -0.2) is 15.0 Å². The molecule has 7 heteroatoms. The molecule has 1 saturated heterocycles. The average Bonchev–Trinajstić information content (AvgIpc) is 2.56. The van der Waals surface area contributed by atoms with Crippen molar-refractivity contribution in [3.63, 3.8) is 0 Å². The molecule has 6 nitrogen and oxygen atoms in total. The molecule has 0 aliphatic carbocycles. The van der Waals surface area contributed by atoms with Crippen LogP contribution in [0.1, 0.15) is 0 Å². The lowest BCUT2D eigenvalue weighted by molar-refractivity contribution is 0.414. The Hall–Kier alpha value is -2.08. The van der Waals surface area contributed by atoms with Gasteiger partial charge in [-0.2, -0.15) is 0 Å². The second-order valence-corrected chi connectivity index (χ2v) is 5.13. The summed E-state index contributed by atoms with van der Waals surface area (Å²) in [7, 11) is 1.66. The van der Waals surface area contributed by atoms with E-state index >= 15 is 0 Å². The van der Waals surface area contributed by atoms with Crippen molar-refractivity contribution in [1.82, 2.24) is 15.0 Å². The lowest BCUT2D eigenvalue weighted by atomic mass is 10.3. The lowest BCUT2D eigenvalue weighted by Gasteiger charge is -2.36. The Morgan fingerprint density at radius 3 is 2.62 bits per heavy atom. The van der Waals surface area contributed by atoms with E-state index in [0.717, 1.165) is 43.6 Å². The molecule has 0 amide bonds. The average molecular weight is 306 g/mol. The van der Waals surface area contributed by atoms with Crippen LogP contribution in [0.4, 0.5) is 11.6 Å². The minimum atomic E-state index is 0.588. The molecule has 0 bridgehead atoms. The van der Waals surface area contributed by atoms with Crippen molar-refractivity contribution in [3.8, 4) is 5.75 Å². The monoisotopic (exact) mass is 305 g/mol. The highest BCUT2D eigenvalue weighted by Gasteiger charge is 2.20. The van der Waals surface area contributed by atoms with E-state index in [1.807, 2.05) is 12.1 Å². The van der Waals surface area contributed by atoms with Gasteiger partial charge in [0.25, 0.3) is 0 Å². The third-order valence-electron chi connectivity index (χ3n) is 3.50. The first-order valence-electron chi connectivity index (χ1n) is 6.73. The van der Waals surface area contributed by atoms with Gasteiger partial charge in [0, 0.05) is 38.4 Å². The van der Waals surface area contributed by atoms with Gasteiger partial charge >= 0.3 is 0 Å². The number of nitrogens with zero attached hydrogens (tertiary/aromatic N) is 5. The number of rotatable bonds is 3. The van der Waals surface area contributed by atoms with E-state index in [9.17, 15) is 0 Å². The second-order valence-electron chi connectivity index (χ2n) is 4.72. The fourth-order valence-electron chi connectivity index (χ4n) is 2.39. The van der Waals surface area contributed by atoms with Crippen molar-refractivity contribution in [2.45, 2.75) is 0 Å². The molecular formula is C14H16ClN5O. The molecule has 1 aliphatic rings. The zero-order valence-electron chi connectivity index (χ0n) is 11.7. The van der Waals surface area contributed by atoms with E-state index in [1.165, 1.54) is 6.33 Å². The molecule has 3 rings (SSSR count). The van der Waals surface area contributed by atoms with E-state index in [4.69, 9.17) is 16.3 Å². The molecule has 0 unspecified atom stereocenters. The maximum atomic E-state index is 6.14. The Labute approximate surface area is 128 Å². The topological polar surface area (TPSA) is 54.4 Å². The van der Waals surface area contributed by atoms with Gasteiger partial charge in [-0.1, -0.05) is 11.6 Å². The highest BCUT2D eigenvalue weighted by atomic mass is 35.5. The molecule has 2 aromatic rings. The molecular weight excluding hydrogens is 290 g/mol. The van der Waals surface area contributed by atoms with Crippen molar-refractivity contribution in [2.24, 2.45) is 0 Å². The zero-order chi connectivity index (χ0) is 14.7. The second kappa shape index (κ2) is 6.13. The highest BCUT2D eigenvalue weighted by Crippen LogP contribution is 2.24. The molecule has 21 heavy (non-hydrogen) atoms. The molecule has 0 radical (unpaired) electrons. The molecule has 0 aromatic carbocycles. The van der Waals surface area contributed by atoms with Gasteiger partial charge in [0.2, 0.25) is 0 Å². The summed E-state index contributed by atoms with van der Waals surface area (Å²) in [6.07, 6.45) is 4.92. The summed E-state index contributed by atoms with van der Waals surface area (Å²) in [5, 5.41) is 0.588. The maximum Gasteiger partial charge on any atom is 0.150 e. The van der Waals surface area contributed by atoms with Gasteiger partial charge in [-0.15, -0.1) is 0 Å². The number of halogens is 1. The molecule has 0 spiro atoms. The van der Waals surface area contributed by atoms with E-state index in [0.29, 0.717) is 5.02 Å². The number of anilines is 2. The van der Waals surface area contributed by atoms with Crippen molar-refractivity contribution < 1.29 is 4.74 Å². The Morgan fingerprint density at radius 2 is 1.90 bits per heavy atom. The third-order valence-corrected chi connectivity index (χ3v) is 3.77. The molecule has 0 atom stereocenters. The summed E-state index contributed by atoms with van der Waals surface area (Å²) in [5.41, 5.74) is 0. The van der Waals surface area contributed by atoms with Crippen LogP contribution in [0, 0.1) is 0 Å². The van der Waals surface area contributed by atoms with E-state index in [2.05, 4.69) is 24.8 Å². The first-order valence-corrected chi connectivity index (χ1v) is 7.11. The zero-order valence-corrected chi connectivity index (χ0v) is 12.5. The highest BCUT2D eigenvalue weighted by molar-refractivity contribution is 6.32. The standard InChI is InChI=1S/C14H16ClN5O/c1-21-11-2-3-17-13(8-11)19-4-6-20(7-5-19)14-12(15)9-16-10-18-14/h2-3,8-10H,4-7H2,1H3. The number of aromatic nitrogens is 3. The van der Waals surface area contributed by atoms with Crippen LogP contribution in [0.2, 0.25) is 5.02 Å².